The van der Waals surface area contributed by atoms with E-state index in [1.54, 1.807) is 42.5 Å². The number of fused-ring (bicyclic) bond motifs is 1. The molecule has 1 aliphatic rings. The van der Waals surface area contributed by atoms with E-state index in [-0.39, 0.29) is 10.6 Å². The van der Waals surface area contributed by atoms with Gasteiger partial charge in [-0.05, 0) is 67.3 Å². The van der Waals surface area contributed by atoms with Crippen LogP contribution in [-0.4, -0.2) is 30.5 Å². The minimum absolute atomic E-state index is 0.154. The lowest BCUT2D eigenvalue weighted by molar-refractivity contribution is 0.414. The molecular weight excluding hydrogens is 460 g/mol. The minimum atomic E-state index is -3.81. The zero-order chi connectivity index (χ0) is 23.6. The highest BCUT2D eigenvalue weighted by molar-refractivity contribution is 7.93. The average molecular weight is 487 g/mol. The standard InChI is InChI=1S/C24H26N2O5S2/c1-18-5-7-19(8-6-18)17-32(27,28)25-21-10-9-20-4-3-15-26(24(20)16-21)33(29,30)23-13-11-22(31-2)12-14-23/h5-14,16,25H,3-4,15,17H2,1-2H3. The van der Waals surface area contributed by atoms with Gasteiger partial charge in [-0.2, -0.15) is 0 Å². The van der Waals surface area contributed by atoms with E-state index >= 15 is 0 Å². The van der Waals surface area contributed by atoms with Gasteiger partial charge in [0.1, 0.15) is 5.75 Å². The van der Waals surface area contributed by atoms with Crippen LogP contribution in [0.3, 0.4) is 0 Å². The van der Waals surface area contributed by atoms with Gasteiger partial charge in [-0.25, -0.2) is 16.8 Å². The molecule has 3 aromatic carbocycles. The highest BCUT2D eigenvalue weighted by atomic mass is 32.2. The Balaban J connectivity index is 1.62. The van der Waals surface area contributed by atoms with Crippen molar-refractivity contribution in [1.82, 2.24) is 0 Å². The van der Waals surface area contributed by atoms with E-state index in [1.165, 1.54) is 23.5 Å². The van der Waals surface area contributed by atoms with Crippen LogP contribution >= 0.6 is 0 Å². The summed E-state index contributed by atoms with van der Waals surface area (Å²) in [5.41, 5.74) is 3.41. The van der Waals surface area contributed by atoms with Crippen molar-refractivity contribution in [3.05, 3.63) is 83.4 Å². The first-order valence-electron chi connectivity index (χ1n) is 10.5. The monoisotopic (exact) mass is 486 g/mol. The Bertz CT molecular complexity index is 1350. The van der Waals surface area contributed by atoms with E-state index in [1.807, 2.05) is 19.1 Å². The lowest BCUT2D eigenvalue weighted by Crippen LogP contribution is -2.35. The number of hydrogen-bond donors (Lipinski definition) is 1. The van der Waals surface area contributed by atoms with Crippen molar-refractivity contribution in [2.24, 2.45) is 0 Å². The van der Waals surface area contributed by atoms with Crippen LogP contribution in [-0.2, 0) is 32.2 Å². The number of rotatable bonds is 7. The summed E-state index contributed by atoms with van der Waals surface area (Å²) in [4.78, 5) is 0.154. The number of anilines is 2. The van der Waals surface area contributed by atoms with Gasteiger partial charge in [-0.15, -0.1) is 0 Å². The fraction of sp³-hybridized carbons (Fsp3) is 0.250. The molecule has 1 heterocycles. The maximum absolute atomic E-state index is 13.4. The Morgan fingerprint density at radius 3 is 2.30 bits per heavy atom. The SMILES string of the molecule is COc1ccc(S(=O)(=O)N2CCCc3ccc(NS(=O)(=O)Cc4ccc(C)cc4)cc32)cc1. The summed E-state index contributed by atoms with van der Waals surface area (Å²) in [6, 6.07) is 18.6. The van der Waals surface area contributed by atoms with Crippen molar-refractivity contribution in [3.8, 4) is 5.75 Å². The second kappa shape index (κ2) is 9.07. The molecule has 0 saturated heterocycles. The summed E-state index contributed by atoms with van der Waals surface area (Å²) in [5.74, 6) is 0.399. The van der Waals surface area contributed by atoms with Gasteiger partial charge < -0.3 is 4.74 Å². The fourth-order valence-corrected chi connectivity index (χ4v) is 6.57. The van der Waals surface area contributed by atoms with E-state index in [0.29, 0.717) is 35.7 Å². The molecule has 0 saturated carbocycles. The molecule has 7 nitrogen and oxygen atoms in total. The first-order chi connectivity index (χ1) is 15.7. The minimum Gasteiger partial charge on any atom is -0.497 e. The molecule has 174 valence electrons. The number of hydrogen-bond acceptors (Lipinski definition) is 5. The van der Waals surface area contributed by atoms with E-state index in [9.17, 15) is 16.8 Å². The van der Waals surface area contributed by atoms with Crippen LogP contribution in [0.2, 0.25) is 0 Å². The molecular formula is C24H26N2O5S2. The number of ether oxygens (including phenoxy) is 1. The smallest absolute Gasteiger partial charge is 0.264 e. The molecule has 1 aliphatic heterocycles. The molecule has 0 bridgehead atoms. The number of nitrogens with zero attached hydrogens (tertiary/aromatic N) is 1. The Morgan fingerprint density at radius 2 is 1.64 bits per heavy atom. The summed E-state index contributed by atoms with van der Waals surface area (Å²) >= 11 is 0. The highest BCUT2D eigenvalue weighted by Crippen LogP contribution is 2.35. The second-order valence-electron chi connectivity index (χ2n) is 8.05. The molecule has 4 rings (SSSR count). The summed E-state index contributed by atoms with van der Waals surface area (Å²) in [7, 11) is -5.97. The largest absolute Gasteiger partial charge is 0.497 e. The Labute approximate surface area is 195 Å². The van der Waals surface area contributed by atoms with Crippen LogP contribution in [0.5, 0.6) is 5.75 Å². The zero-order valence-electron chi connectivity index (χ0n) is 18.5. The Kier molecular flexibility index (Phi) is 6.36. The molecule has 1 N–H and O–H groups in total. The molecule has 0 aliphatic carbocycles. The molecule has 0 amide bonds. The molecule has 0 aromatic heterocycles. The first-order valence-corrected chi connectivity index (χ1v) is 13.6. The van der Waals surface area contributed by atoms with Gasteiger partial charge in [-0.1, -0.05) is 35.9 Å². The van der Waals surface area contributed by atoms with E-state index in [4.69, 9.17) is 4.74 Å². The van der Waals surface area contributed by atoms with Gasteiger partial charge >= 0.3 is 0 Å². The van der Waals surface area contributed by atoms with Crippen LogP contribution in [0.15, 0.2) is 71.6 Å². The predicted molar refractivity (Wildman–Crippen MR) is 130 cm³/mol. The normalized spacial score (nSPS) is 13.9. The highest BCUT2D eigenvalue weighted by Gasteiger charge is 2.29. The summed E-state index contributed by atoms with van der Waals surface area (Å²) in [6.07, 6.45) is 1.40. The number of nitrogens with one attached hydrogen (secondary N) is 1. The first kappa shape index (κ1) is 23.1. The Hall–Kier alpha value is -3.04. The predicted octanol–water partition coefficient (Wildman–Crippen LogP) is 4.09. The van der Waals surface area contributed by atoms with Crippen molar-refractivity contribution in [2.75, 3.05) is 22.7 Å². The molecule has 0 radical (unpaired) electrons. The molecule has 0 atom stereocenters. The number of sulfonamides is 2. The van der Waals surface area contributed by atoms with Crippen molar-refractivity contribution in [2.45, 2.75) is 30.4 Å². The van der Waals surface area contributed by atoms with Crippen molar-refractivity contribution in [3.63, 3.8) is 0 Å². The quantitative estimate of drug-likeness (QED) is 0.543. The Morgan fingerprint density at radius 1 is 0.939 bits per heavy atom. The zero-order valence-corrected chi connectivity index (χ0v) is 20.1. The topological polar surface area (TPSA) is 92.8 Å². The van der Waals surface area contributed by atoms with Crippen molar-refractivity contribution < 1.29 is 21.6 Å². The van der Waals surface area contributed by atoms with Crippen LogP contribution in [0, 0.1) is 6.92 Å². The van der Waals surface area contributed by atoms with Crippen molar-refractivity contribution >= 4 is 31.4 Å². The molecule has 33 heavy (non-hydrogen) atoms. The fourth-order valence-electron chi connectivity index (χ4n) is 3.85. The number of methoxy groups -OCH3 is 1. The summed E-state index contributed by atoms with van der Waals surface area (Å²) < 4.78 is 61.2. The lowest BCUT2D eigenvalue weighted by atomic mass is 10.0. The molecule has 0 fully saturated rings. The maximum Gasteiger partial charge on any atom is 0.264 e. The third kappa shape index (κ3) is 5.15. The third-order valence-electron chi connectivity index (χ3n) is 5.56. The van der Waals surface area contributed by atoms with Gasteiger partial charge in [-0.3, -0.25) is 9.03 Å². The van der Waals surface area contributed by atoms with E-state index in [0.717, 1.165) is 17.5 Å². The second-order valence-corrected chi connectivity index (χ2v) is 11.6. The molecule has 9 heteroatoms. The maximum atomic E-state index is 13.4. The van der Waals surface area contributed by atoms with Crippen molar-refractivity contribution in [1.29, 1.82) is 0 Å². The molecule has 0 unspecified atom stereocenters. The van der Waals surface area contributed by atoms with Gasteiger partial charge in [0.25, 0.3) is 10.0 Å². The number of benzene rings is 3. The summed E-state index contributed by atoms with van der Waals surface area (Å²) in [5, 5.41) is 0. The lowest BCUT2D eigenvalue weighted by Gasteiger charge is -2.31. The van der Waals surface area contributed by atoms with Crippen LogP contribution < -0.4 is 13.8 Å². The van der Waals surface area contributed by atoms with Gasteiger partial charge in [0.05, 0.1) is 29.1 Å². The van der Waals surface area contributed by atoms with Crippen LogP contribution in [0.4, 0.5) is 11.4 Å². The summed E-state index contributed by atoms with van der Waals surface area (Å²) in [6.45, 7) is 2.26. The molecule has 0 spiro atoms. The van der Waals surface area contributed by atoms with E-state index in [2.05, 4.69) is 4.72 Å². The van der Waals surface area contributed by atoms with E-state index < -0.39 is 20.0 Å². The molecule has 3 aromatic rings. The van der Waals surface area contributed by atoms with Crippen LogP contribution in [0.1, 0.15) is 23.1 Å². The average Bonchev–Trinajstić information content (AvgIpc) is 2.79. The third-order valence-corrected chi connectivity index (χ3v) is 8.65. The van der Waals surface area contributed by atoms with Crippen LogP contribution in [0.25, 0.3) is 0 Å². The van der Waals surface area contributed by atoms with Gasteiger partial charge in [0.15, 0.2) is 0 Å². The van der Waals surface area contributed by atoms with Gasteiger partial charge in [0, 0.05) is 6.54 Å². The number of aryl methyl sites for hydroxylation is 2. The van der Waals surface area contributed by atoms with Gasteiger partial charge in [0.2, 0.25) is 10.0 Å².